The lowest BCUT2D eigenvalue weighted by Gasteiger charge is -2.01. The molecule has 1 aromatic carbocycles. The van der Waals surface area contributed by atoms with E-state index in [0.717, 1.165) is 18.4 Å². The van der Waals surface area contributed by atoms with E-state index in [1.165, 1.54) is 18.5 Å². The van der Waals surface area contributed by atoms with Gasteiger partial charge in [0.05, 0.1) is 5.56 Å². The van der Waals surface area contributed by atoms with Crippen molar-refractivity contribution < 1.29 is 9.18 Å². The fourth-order valence-corrected chi connectivity index (χ4v) is 1.66. The first-order valence-electron chi connectivity index (χ1n) is 5.97. The zero-order valence-corrected chi connectivity index (χ0v) is 10.3. The fourth-order valence-electron chi connectivity index (χ4n) is 1.66. The van der Waals surface area contributed by atoms with Crippen LogP contribution in [0.5, 0.6) is 0 Å². The molecule has 3 rings (SSSR count). The van der Waals surface area contributed by atoms with Crippen LogP contribution >= 0.6 is 0 Å². The van der Waals surface area contributed by atoms with Gasteiger partial charge >= 0.3 is 0 Å². The molecule has 1 aromatic heterocycles. The zero-order valence-electron chi connectivity index (χ0n) is 10.3. The van der Waals surface area contributed by atoms with Crippen molar-refractivity contribution in [1.29, 1.82) is 0 Å². The van der Waals surface area contributed by atoms with Crippen LogP contribution in [0.2, 0.25) is 0 Å². The first kappa shape index (κ1) is 13.1. The van der Waals surface area contributed by atoms with Crippen molar-refractivity contribution in [3.8, 4) is 0 Å². The third-order valence-corrected chi connectivity index (χ3v) is 2.78. The van der Waals surface area contributed by atoms with Crippen molar-refractivity contribution in [3.05, 3.63) is 59.9 Å². The molecule has 1 amide bonds. The summed E-state index contributed by atoms with van der Waals surface area (Å²) in [6.07, 6.45) is 7.12. The van der Waals surface area contributed by atoms with Gasteiger partial charge < -0.3 is 5.73 Å². The Kier molecular flexibility index (Phi) is 4.18. The normalized spacial score (nSPS) is 13.3. The van der Waals surface area contributed by atoms with Gasteiger partial charge in [0.25, 0.3) is 5.91 Å². The number of nitrogens with two attached hydrogens (primary N) is 1. The lowest BCUT2D eigenvalue weighted by atomic mass is 10.1. The highest BCUT2D eigenvalue weighted by molar-refractivity contribution is 5.93. The summed E-state index contributed by atoms with van der Waals surface area (Å²) in [5.74, 6) is -0.715. The van der Waals surface area contributed by atoms with Crippen LogP contribution in [0.25, 0.3) is 0 Å². The second-order valence-electron chi connectivity index (χ2n) is 4.28. The SMILES string of the molecule is NC(=O)c1ccc(C2CC2)cc1F.c1cncnc1. The van der Waals surface area contributed by atoms with E-state index in [2.05, 4.69) is 9.97 Å². The molecular formula is C14H14FN3O. The van der Waals surface area contributed by atoms with Crippen LogP contribution < -0.4 is 5.73 Å². The van der Waals surface area contributed by atoms with Crippen LogP contribution in [-0.4, -0.2) is 15.9 Å². The summed E-state index contributed by atoms with van der Waals surface area (Å²) in [5.41, 5.74) is 5.93. The fraction of sp³-hybridized carbons (Fsp3) is 0.214. The van der Waals surface area contributed by atoms with Crippen LogP contribution in [-0.2, 0) is 0 Å². The van der Waals surface area contributed by atoms with Gasteiger partial charge in [0.1, 0.15) is 12.1 Å². The molecule has 2 N–H and O–H groups in total. The third-order valence-electron chi connectivity index (χ3n) is 2.78. The Hall–Kier alpha value is -2.30. The smallest absolute Gasteiger partial charge is 0.251 e. The number of benzene rings is 1. The van der Waals surface area contributed by atoms with E-state index in [9.17, 15) is 9.18 Å². The number of hydrogen-bond acceptors (Lipinski definition) is 3. The summed E-state index contributed by atoms with van der Waals surface area (Å²) < 4.78 is 13.2. The molecule has 0 bridgehead atoms. The molecule has 0 unspecified atom stereocenters. The second-order valence-corrected chi connectivity index (χ2v) is 4.28. The molecule has 0 atom stereocenters. The number of carbonyl (C=O) groups excluding carboxylic acids is 1. The molecule has 2 aromatic rings. The quantitative estimate of drug-likeness (QED) is 0.899. The van der Waals surface area contributed by atoms with E-state index in [0.29, 0.717) is 5.92 Å². The highest BCUT2D eigenvalue weighted by atomic mass is 19.1. The van der Waals surface area contributed by atoms with Gasteiger partial charge in [-0.15, -0.1) is 0 Å². The maximum absolute atomic E-state index is 13.2. The number of halogens is 1. The Labute approximate surface area is 110 Å². The molecule has 4 nitrogen and oxygen atoms in total. The molecule has 5 heteroatoms. The van der Waals surface area contributed by atoms with Crippen molar-refractivity contribution in [2.24, 2.45) is 5.73 Å². The minimum atomic E-state index is -0.708. The van der Waals surface area contributed by atoms with Crippen molar-refractivity contribution in [2.75, 3.05) is 0 Å². The molecule has 1 aliphatic rings. The van der Waals surface area contributed by atoms with Crippen LogP contribution in [0, 0.1) is 5.82 Å². The molecule has 1 fully saturated rings. The van der Waals surface area contributed by atoms with Gasteiger partial charge in [-0.05, 0) is 42.5 Å². The van der Waals surface area contributed by atoms with Gasteiger partial charge in [-0.2, -0.15) is 0 Å². The number of nitrogens with zero attached hydrogens (tertiary/aromatic N) is 2. The number of aromatic nitrogens is 2. The third kappa shape index (κ3) is 3.84. The standard InChI is InChI=1S/C10H10FNO.C4H4N2/c11-9-5-7(6-1-2-6)3-4-8(9)10(12)13;1-2-5-4-6-3-1/h3-6H,1-2H2,(H2,12,13);1-4H. The van der Waals surface area contributed by atoms with E-state index >= 15 is 0 Å². The Morgan fingerprint density at radius 3 is 2.32 bits per heavy atom. The summed E-state index contributed by atoms with van der Waals surface area (Å²) >= 11 is 0. The minimum Gasteiger partial charge on any atom is -0.366 e. The van der Waals surface area contributed by atoms with Crippen molar-refractivity contribution >= 4 is 5.91 Å². The van der Waals surface area contributed by atoms with Crippen LogP contribution in [0.15, 0.2) is 43.0 Å². The molecule has 0 saturated heterocycles. The van der Waals surface area contributed by atoms with Gasteiger partial charge in [0, 0.05) is 12.4 Å². The molecule has 1 saturated carbocycles. The highest BCUT2D eigenvalue weighted by Gasteiger charge is 2.24. The average molecular weight is 259 g/mol. The Balaban J connectivity index is 0.000000186. The molecule has 98 valence electrons. The first-order valence-corrected chi connectivity index (χ1v) is 5.97. The minimum absolute atomic E-state index is 0.0237. The van der Waals surface area contributed by atoms with Gasteiger partial charge in [-0.3, -0.25) is 4.79 Å². The van der Waals surface area contributed by atoms with E-state index < -0.39 is 11.7 Å². The highest BCUT2D eigenvalue weighted by Crippen LogP contribution is 2.40. The van der Waals surface area contributed by atoms with Gasteiger partial charge in [0.2, 0.25) is 0 Å². The Morgan fingerprint density at radius 1 is 1.26 bits per heavy atom. The maximum Gasteiger partial charge on any atom is 0.251 e. The zero-order chi connectivity index (χ0) is 13.7. The number of primary amides is 1. The van der Waals surface area contributed by atoms with Gasteiger partial charge in [-0.1, -0.05) is 6.07 Å². The van der Waals surface area contributed by atoms with Crippen molar-refractivity contribution in [2.45, 2.75) is 18.8 Å². The molecule has 0 spiro atoms. The molecule has 1 heterocycles. The monoisotopic (exact) mass is 259 g/mol. The van der Waals surface area contributed by atoms with E-state index in [1.54, 1.807) is 24.5 Å². The summed E-state index contributed by atoms with van der Waals surface area (Å²) in [6, 6.07) is 6.43. The Morgan fingerprint density at radius 2 is 1.95 bits per heavy atom. The number of carbonyl (C=O) groups is 1. The van der Waals surface area contributed by atoms with E-state index in [1.807, 2.05) is 0 Å². The first-order chi connectivity index (χ1) is 9.18. The summed E-state index contributed by atoms with van der Waals surface area (Å²) in [5, 5.41) is 0. The molecule has 0 aliphatic heterocycles. The summed E-state index contributed by atoms with van der Waals surface area (Å²) in [7, 11) is 0. The van der Waals surface area contributed by atoms with Crippen LogP contribution in [0.1, 0.15) is 34.7 Å². The lowest BCUT2D eigenvalue weighted by molar-refractivity contribution is 0.0996. The Bertz CT molecular complexity index is 529. The van der Waals surface area contributed by atoms with E-state index in [4.69, 9.17) is 5.73 Å². The van der Waals surface area contributed by atoms with Crippen molar-refractivity contribution in [1.82, 2.24) is 9.97 Å². The molecule has 1 aliphatic carbocycles. The van der Waals surface area contributed by atoms with Gasteiger partial charge in [0.15, 0.2) is 0 Å². The van der Waals surface area contributed by atoms with Gasteiger partial charge in [-0.25, -0.2) is 14.4 Å². The molecular weight excluding hydrogens is 245 g/mol. The number of amides is 1. The van der Waals surface area contributed by atoms with Crippen molar-refractivity contribution in [3.63, 3.8) is 0 Å². The summed E-state index contributed by atoms with van der Waals surface area (Å²) in [4.78, 5) is 18.0. The van der Waals surface area contributed by atoms with Crippen LogP contribution in [0.3, 0.4) is 0 Å². The topological polar surface area (TPSA) is 68.9 Å². The largest absolute Gasteiger partial charge is 0.366 e. The number of rotatable bonds is 2. The molecule has 0 radical (unpaired) electrons. The predicted molar refractivity (Wildman–Crippen MR) is 68.9 cm³/mol. The second kappa shape index (κ2) is 6.04. The van der Waals surface area contributed by atoms with E-state index in [-0.39, 0.29) is 5.56 Å². The molecule has 19 heavy (non-hydrogen) atoms. The predicted octanol–water partition coefficient (Wildman–Crippen LogP) is 2.28. The number of hydrogen-bond donors (Lipinski definition) is 1. The average Bonchev–Trinajstić information content (AvgIpc) is 3.25. The summed E-state index contributed by atoms with van der Waals surface area (Å²) in [6.45, 7) is 0. The lowest BCUT2D eigenvalue weighted by Crippen LogP contribution is -2.13. The van der Waals surface area contributed by atoms with Crippen LogP contribution in [0.4, 0.5) is 4.39 Å². The maximum atomic E-state index is 13.2.